The summed E-state index contributed by atoms with van der Waals surface area (Å²) in [5.41, 5.74) is 9.44. The molecular formula is C27H30AsNO2S. The molecule has 0 saturated heterocycles. The minimum absolute atomic E-state index is 0.364. The van der Waals surface area contributed by atoms with Crippen molar-refractivity contribution >= 4 is 39.7 Å². The SMILES string of the molecule is CCn1c(C)c(C(c2ccc([As](C)C)cc2)S(=O)(=O)c2ccc(C)cc2)c2ccccc21. The zero-order valence-corrected chi connectivity index (χ0v) is 22.0. The molecule has 4 aromatic rings. The van der Waals surface area contributed by atoms with E-state index in [1.165, 1.54) is 4.35 Å². The molecule has 0 radical (unpaired) electrons. The van der Waals surface area contributed by atoms with Gasteiger partial charge in [-0.2, -0.15) is 0 Å². The van der Waals surface area contributed by atoms with Gasteiger partial charge >= 0.3 is 197 Å². The van der Waals surface area contributed by atoms with Gasteiger partial charge < -0.3 is 0 Å². The predicted octanol–water partition coefficient (Wildman–Crippen LogP) is 5.80. The van der Waals surface area contributed by atoms with Gasteiger partial charge in [-0.15, -0.1) is 0 Å². The summed E-state index contributed by atoms with van der Waals surface area (Å²) in [7, 11) is -3.67. The molecule has 1 aromatic heterocycles. The molecule has 0 bridgehead atoms. The number of rotatable bonds is 6. The standard InChI is InChI=1S/C27H30AsNO2S/c1-6-29-20(3)26(24-9-7-8-10-25(24)29)27(21-13-15-22(16-14-21)28(4)5)32(30,31)23-17-11-19(2)12-18-23/h7-18,27H,6H2,1-5H3. The summed E-state index contributed by atoms with van der Waals surface area (Å²) in [6, 6.07) is 23.7. The third-order valence-corrected chi connectivity index (χ3v) is 11.1. The van der Waals surface area contributed by atoms with Crippen LogP contribution in [0.1, 0.15) is 34.6 Å². The van der Waals surface area contributed by atoms with Crippen molar-refractivity contribution in [2.75, 3.05) is 0 Å². The second kappa shape index (κ2) is 8.92. The van der Waals surface area contributed by atoms with E-state index in [1.54, 1.807) is 12.1 Å². The van der Waals surface area contributed by atoms with Gasteiger partial charge in [-0.05, 0) is 0 Å². The topological polar surface area (TPSA) is 39.1 Å². The number of fused-ring (bicyclic) bond motifs is 1. The Morgan fingerprint density at radius 2 is 1.50 bits per heavy atom. The average molecular weight is 508 g/mol. The van der Waals surface area contributed by atoms with E-state index in [2.05, 4.69) is 47.2 Å². The first-order valence-corrected chi connectivity index (χ1v) is 17.1. The van der Waals surface area contributed by atoms with Crippen molar-refractivity contribution < 1.29 is 8.42 Å². The molecule has 32 heavy (non-hydrogen) atoms. The van der Waals surface area contributed by atoms with Crippen molar-refractivity contribution in [3.8, 4) is 0 Å². The monoisotopic (exact) mass is 507 g/mol. The summed E-state index contributed by atoms with van der Waals surface area (Å²) in [5, 5.41) is 0.252. The van der Waals surface area contributed by atoms with Gasteiger partial charge in [0.05, 0.1) is 0 Å². The number of nitrogens with zero attached hydrogens (tertiary/aromatic N) is 1. The number of aryl methyl sites for hydroxylation is 2. The molecule has 1 atom stereocenters. The summed E-state index contributed by atoms with van der Waals surface area (Å²) >= 11 is -1.03. The molecule has 0 spiro atoms. The Bertz CT molecular complexity index is 1350. The minimum atomic E-state index is -3.67. The van der Waals surface area contributed by atoms with Crippen molar-refractivity contribution in [1.29, 1.82) is 0 Å². The Morgan fingerprint density at radius 3 is 2.09 bits per heavy atom. The summed E-state index contributed by atoms with van der Waals surface area (Å²) < 4.78 is 31.9. The Kier molecular flexibility index (Phi) is 6.38. The van der Waals surface area contributed by atoms with Crippen LogP contribution in [0.5, 0.6) is 0 Å². The molecule has 4 rings (SSSR count). The first-order chi connectivity index (χ1) is 15.3. The number of para-hydroxylation sites is 1. The summed E-state index contributed by atoms with van der Waals surface area (Å²) in [4.78, 5) is 0.364. The van der Waals surface area contributed by atoms with Gasteiger partial charge in [0.15, 0.2) is 0 Å². The number of aromatic nitrogens is 1. The van der Waals surface area contributed by atoms with Gasteiger partial charge in [-0.1, -0.05) is 0 Å². The molecule has 3 aromatic carbocycles. The molecule has 0 N–H and O–H groups in total. The quantitative estimate of drug-likeness (QED) is 0.310. The van der Waals surface area contributed by atoms with Gasteiger partial charge in [0.2, 0.25) is 0 Å². The Labute approximate surface area is 196 Å². The Balaban J connectivity index is 2.02. The maximum atomic E-state index is 14.2. The molecule has 0 saturated carbocycles. The van der Waals surface area contributed by atoms with Gasteiger partial charge in [0.1, 0.15) is 0 Å². The van der Waals surface area contributed by atoms with E-state index < -0.39 is 29.7 Å². The van der Waals surface area contributed by atoms with E-state index in [9.17, 15) is 8.42 Å². The molecule has 3 nitrogen and oxygen atoms in total. The average Bonchev–Trinajstić information content (AvgIpc) is 3.05. The van der Waals surface area contributed by atoms with Crippen LogP contribution >= 0.6 is 0 Å². The van der Waals surface area contributed by atoms with Crippen LogP contribution in [0.15, 0.2) is 77.7 Å². The first-order valence-electron chi connectivity index (χ1n) is 10.9. The maximum absolute atomic E-state index is 14.2. The molecular weight excluding hydrogens is 477 g/mol. The molecule has 0 amide bonds. The normalized spacial score (nSPS) is 13.1. The van der Waals surface area contributed by atoms with E-state index in [0.717, 1.165) is 39.8 Å². The van der Waals surface area contributed by atoms with E-state index >= 15 is 0 Å². The first kappa shape index (κ1) is 22.9. The van der Waals surface area contributed by atoms with E-state index in [1.807, 2.05) is 50.2 Å². The molecule has 0 fully saturated rings. The van der Waals surface area contributed by atoms with Gasteiger partial charge in [0, 0.05) is 0 Å². The van der Waals surface area contributed by atoms with Crippen LogP contribution < -0.4 is 4.35 Å². The van der Waals surface area contributed by atoms with Crippen molar-refractivity contribution in [2.24, 2.45) is 0 Å². The van der Waals surface area contributed by atoms with Crippen LogP contribution in [0.25, 0.3) is 10.9 Å². The van der Waals surface area contributed by atoms with E-state index in [4.69, 9.17) is 0 Å². The van der Waals surface area contributed by atoms with E-state index in [-0.39, 0.29) is 0 Å². The Hall–Kier alpha value is -2.29. The third kappa shape index (κ3) is 3.95. The van der Waals surface area contributed by atoms with Crippen LogP contribution in [-0.4, -0.2) is 27.6 Å². The number of benzene rings is 3. The van der Waals surface area contributed by atoms with Gasteiger partial charge in [-0.25, -0.2) is 0 Å². The molecule has 0 aliphatic rings. The van der Waals surface area contributed by atoms with Crippen LogP contribution in [0, 0.1) is 13.8 Å². The molecule has 5 heteroatoms. The fourth-order valence-corrected chi connectivity index (χ4v) is 7.98. The van der Waals surface area contributed by atoms with Crippen molar-refractivity contribution in [2.45, 2.75) is 48.9 Å². The van der Waals surface area contributed by atoms with Gasteiger partial charge in [-0.3, -0.25) is 0 Å². The molecule has 166 valence electrons. The number of sulfone groups is 1. The van der Waals surface area contributed by atoms with Crippen LogP contribution in [-0.2, 0) is 16.4 Å². The van der Waals surface area contributed by atoms with Crippen LogP contribution in [0.2, 0.25) is 11.4 Å². The molecule has 0 aliphatic heterocycles. The second-order valence-electron chi connectivity index (χ2n) is 8.48. The van der Waals surface area contributed by atoms with Crippen LogP contribution in [0.4, 0.5) is 0 Å². The molecule has 1 unspecified atom stereocenters. The van der Waals surface area contributed by atoms with Gasteiger partial charge in [0.25, 0.3) is 0 Å². The summed E-state index contributed by atoms with van der Waals surface area (Å²) in [5.74, 6) is 0. The van der Waals surface area contributed by atoms with Crippen molar-refractivity contribution in [1.82, 2.24) is 4.57 Å². The van der Waals surface area contributed by atoms with Crippen LogP contribution in [0.3, 0.4) is 0 Å². The third-order valence-electron chi connectivity index (χ3n) is 6.23. The fourth-order valence-electron chi connectivity index (χ4n) is 4.51. The predicted molar refractivity (Wildman–Crippen MR) is 136 cm³/mol. The van der Waals surface area contributed by atoms with E-state index in [0.29, 0.717) is 4.90 Å². The zero-order chi connectivity index (χ0) is 23.0. The molecule has 0 aliphatic carbocycles. The number of hydrogen-bond donors (Lipinski definition) is 0. The Morgan fingerprint density at radius 1 is 0.875 bits per heavy atom. The second-order valence-corrected chi connectivity index (χ2v) is 15.4. The van der Waals surface area contributed by atoms with Crippen molar-refractivity contribution in [3.05, 3.63) is 95.2 Å². The number of hydrogen-bond acceptors (Lipinski definition) is 2. The summed E-state index contributed by atoms with van der Waals surface area (Å²) in [6.45, 7) is 6.92. The molecule has 1 heterocycles. The fraction of sp³-hybridized carbons (Fsp3) is 0.259. The summed E-state index contributed by atoms with van der Waals surface area (Å²) in [6.07, 6.45) is 0. The van der Waals surface area contributed by atoms with Crippen molar-refractivity contribution in [3.63, 3.8) is 0 Å². The zero-order valence-electron chi connectivity index (χ0n) is 19.3.